The number of nitrogens with zero attached hydrogens (tertiary/aromatic N) is 4. The maximum absolute atomic E-state index is 13.6. The molecule has 5 rings (SSSR count). The van der Waals surface area contributed by atoms with Gasteiger partial charge in [0.25, 0.3) is 0 Å². The lowest BCUT2D eigenvalue weighted by atomic mass is 10.1. The lowest BCUT2D eigenvalue weighted by Gasteiger charge is -2.25. The molecular weight excluding hydrogens is 436 g/mol. The zero-order valence-electron chi connectivity index (χ0n) is 15.5. The standard InChI is InChI=1S/C18H18F3N6OPS/c19-12-6-11(7-13(20)16(12)21)30(28,29)26-10-2-1-9(5-10)18-25-24-15-8-23-17-14(27(15)18)3-4-22-17/h3-4,6-10,22,30H,1-2,5,29H2,(H,26,28)/t9-,10+/m1/s1. The first-order valence-electron chi connectivity index (χ1n) is 9.32. The molecule has 1 saturated carbocycles. The Kier molecular flexibility index (Phi) is 4.64. The molecule has 0 aliphatic heterocycles. The Morgan fingerprint density at radius 2 is 1.97 bits per heavy atom. The Labute approximate surface area is 172 Å². The van der Waals surface area contributed by atoms with Gasteiger partial charge in [-0.3, -0.25) is 13.3 Å². The summed E-state index contributed by atoms with van der Waals surface area (Å²) in [6.45, 7) is 0. The van der Waals surface area contributed by atoms with Crippen molar-refractivity contribution in [3.05, 3.63) is 53.9 Å². The van der Waals surface area contributed by atoms with Crippen molar-refractivity contribution in [1.29, 1.82) is 0 Å². The summed E-state index contributed by atoms with van der Waals surface area (Å²) < 4.78 is 58.4. The summed E-state index contributed by atoms with van der Waals surface area (Å²) in [6, 6.07) is 3.28. The third kappa shape index (κ3) is 3.21. The van der Waals surface area contributed by atoms with Crippen molar-refractivity contribution in [1.82, 2.24) is 29.3 Å². The average Bonchev–Trinajstić information content (AvgIpc) is 3.43. The van der Waals surface area contributed by atoms with E-state index in [2.05, 4.69) is 33.3 Å². The molecule has 7 nitrogen and oxygen atoms in total. The van der Waals surface area contributed by atoms with Crippen LogP contribution in [0.3, 0.4) is 0 Å². The third-order valence-corrected chi connectivity index (χ3v) is 8.61. The summed E-state index contributed by atoms with van der Waals surface area (Å²) in [7, 11) is -1.25. The third-order valence-electron chi connectivity index (χ3n) is 5.49. The second-order valence-corrected chi connectivity index (χ2v) is 11.7. The maximum Gasteiger partial charge on any atom is 0.194 e. The number of rotatable bonds is 4. The van der Waals surface area contributed by atoms with Crippen LogP contribution in [0.25, 0.3) is 16.8 Å². The summed E-state index contributed by atoms with van der Waals surface area (Å²) in [5.74, 6) is -3.45. The second-order valence-electron chi connectivity index (χ2n) is 7.44. The van der Waals surface area contributed by atoms with Gasteiger partial charge >= 0.3 is 0 Å². The fraction of sp³-hybridized carbons (Fsp3) is 0.278. The van der Waals surface area contributed by atoms with Crippen LogP contribution in [0.15, 0.2) is 35.5 Å². The predicted molar refractivity (Wildman–Crippen MR) is 110 cm³/mol. The van der Waals surface area contributed by atoms with Crippen LogP contribution in [-0.4, -0.2) is 34.8 Å². The van der Waals surface area contributed by atoms with Crippen LogP contribution in [0.5, 0.6) is 0 Å². The summed E-state index contributed by atoms with van der Waals surface area (Å²) >= 11 is 0. The van der Waals surface area contributed by atoms with Gasteiger partial charge in [-0.15, -0.1) is 10.2 Å². The summed E-state index contributed by atoms with van der Waals surface area (Å²) in [4.78, 5) is 7.26. The van der Waals surface area contributed by atoms with Crippen LogP contribution in [0, 0.1) is 17.5 Å². The van der Waals surface area contributed by atoms with E-state index in [0.29, 0.717) is 18.5 Å². The molecule has 1 fully saturated rings. The average molecular weight is 454 g/mol. The number of hydrogen-bond donors (Lipinski definition) is 3. The van der Waals surface area contributed by atoms with Crippen LogP contribution in [0.2, 0.25) is 0 Å². The molecule has 0 spiro atoms. The first kappa shape index (κ1) is 19.6. The normalized spacial score (nSPS) is 20.4. The Bertz CT molecular complexity index is 1300. The highest BCUT2D eigenvalue weighted by atomic mass is 32.8. The molecule has 3 aromatic heterocycles. The van der Waals surface area contributed by atoms with Crippen LogP contribution < -0.4 is 4.72 Å². The van der Waals surface area contributed by atoms with E-state index in [1.54, 1.807) is 12.4 Å². The van der Waals surface area contributed by atoms with E-state index in [4.69, 9.17) is 0 Å². The molecule has 4 aromatic rings. The van der Waals surface area contributed by atoms with Crippen LogP contribution >= 0.6 is 8.44 Å². The van der Waals surface area contributed by atoms with Gasteiger partial charge in [0.2, 0.25) is 0 Å². The topological polar surface area (TPSA) is 88.0 Å². The van der Waals surface area contributed by atoms with E-state index in [-0.39, 0.29) is 16.9 Å². The molecule has 30 heavy (non-hydrogen) atoms. The highest BCUT2D eigenvalue weighted by Crippen LogP contribution is 2.37. The summed E-state index contributed by atoms with van der Waals surface area (Å²) in [5.41, 5.74) is 2.24. The van der Waals surface area contributed by atoms with Crippen LogP contribution in [-0.2, 0) is 9.74 Å². The molecule has 1 aliphatic rings. The van der Waals surface area contributed by atoms with Crippen molar-refractivity contribution in [2.24, 2.45) is 0 Å². The van der Waals surface area contributed by atoms with Gasteiger partial charge < -0.3 is 4.98 Å². The highest BCUT2D eigenvalue weighted by molar-refractivity contribution is 8.44. The van der Waals surface area contributed by atoms with Gasteiger partial charge in [0.05, 0.1) is 11.7 Å². The lowest BCUT2D eigenvalue weighted by Crippen LogP contribution is -2.34. The number of thiol groups is 1. The van der Waals surface area contributed by atoms with E-state index < -0.39 is 27.2 Å². The SMILES string of the molecule is O=[SH](P)(N[C@H]1CC[C@@H](c2nnc3cnc4[nH]ccc4n23)C1)c1cc(F)c(F)c(F)c1. The van der Waals surface area contributed by atoms with Crippen molar-refractivity contribution in [2.75, 3.05) is 0 Å². The first-order valence-corrected chi connectivity index (χ1v) is 12.6. The molecule has 1 aliphatic carbocycles. The number of benzene rings is 1. The Morgan fingerprint density at radius 3 is 2.73 bits per heavy atom. The van der Waals surface area contributed by atoms with Crippen molar-refractivity contribution in [3.63, 3.8) is 0 Å². The number of H-pyrrole nitrogens is 1. The van der Waals surface area contributed by atoms with Gasteiger partial charge in [0, 0.05) is 23.1 Å². The molecule has 12 heteroatoms. The lowest BCUT2D eigenvalue weighted by molar-refractivity contribution is 0.443. The number of aromatic nitrogens is 5. The van der Waals surface area contributed by atoms with Crippen molar-refractivity contribution in [2.45, 2.75) is 36.1 Å². The minimum Gasteiger partial charge on any atom is -0.345 e. The van der Waals surface area contributed by atoms with Gasteiger partial charge in [-0.1, -0.05) is 0 Å². The van der Waals surface area contributed by atoms with E-state index in [9.17, 15) is 17.4 Å². The van der Waals surface area contributed by atoms with Gasteiger partial charge in [0.15, 0.2) is 28.7 Å². The number of nitrogens with one attached hydrogen (secondary N) is 2. The number of aromatic amines is 1. The van der Waals surface area contributed by atoms with Crippen LogP contribution in [0.4, 0.5) is 13.2 Å². The van der Waals surface area contributed by atoms with Gasteiger partial charge in [-0.2, -0.15) is 0 Å². The number of hydrogen-bond acceptors (Lipinski definition) is 4. The van der Waals surface area contributed by atoms with E-state index in [0.717, 1.165) is 35.5 Å². The molecule has 1 unspecified atom stereocenters. The van der Waals surface area contributed by atoms with E-state index >= 15 is 0 Å². The molecule has 0 saturated heterocycles. The second kappa shape index (κ2) is 7.11. The molecule has 0 amide bonds. The zero-order valence-corrected chi connectivity index (χ0v) is 17.6. The van der Waals surface area contributed by atoms with Crippen LogP contribution in [0.1, 0.15) is 31.0 Å². The quantitative estimate of drug-likeness (QED) is 0.251. The number of fused-ring (bicyclic) bond motifs is 3. The Hall–Kier alpha value is -2.36. The molecular formula is C18H18F3N6OPS. The van der Waals surface area contributed by atoms with E-state index in [1.807, 2.05) is 10.5 Å². The fourth-order valence-corrected chi connectivity index (χ4v) is 6.69. The summed E-state index contributed by atoms with van der Waals surface area (Å²) in [5, 5.41) is 8.55. The molecule has 0 bridgehead atoms. The smallest absolute Gasteiger partial charge is 0.194 e. The minimum absolute atomic E-state index is 0.0599. The van der Waals surface area contributed by atoms with E-state index in [1.165, 1.54) is 0 Å². The number of halogens is 3. The van der Waals surface area contributed by atoms with Crippen molar-refractivity contribution in [3.8, 4) is 0 Å². The predicted octanol–water partition coefficient (Wildman–Crippen LogP) is 3.03. The van der Waals surface area contributed by atoms with Crippen molar-refractivity contribution < 1.29 is 17.4 Å². The largest absolute Gasteiger partial charge is 0.345 e. The molecule has 0 radical (unpaired) electrons. The molecule has 1 aromatic carbocycles. The van der Waals surface area contributed by atoms with Gasteiger partial charge in [-0.25, -0.2) is 18.2 Å². The zero-order chi connectivity index (χ0) is 21.0. The maximum atomic E-state index is 13.6. The monoisotopic (exact) mass is 454 g/mol. The fourth-order valence-electron chi connectivity index (χ4n) is 4.08. The Balaban J connectivity index is 1.39. The Morgan fingerprint density at radius 1 is 1.20 bits per heavy atom. The van der Waals surface area contributed by atoms with Gasteiger partial charge in [0.1, 0.15) is 5.82 Å². The molecule has 158 valence electrons. The molecule has 2 N–H and O–H groups in total. The van der Waals surface area contributed by atoms with Crippen molar-refractivity contribution >= 4 is 35.0 Å². The summed E-state index contributed by atoms with van der Waals surface area (Å²) in [6.07, 6.45) is 5.55. The molecule has 3 heterocycles. The first-order chi connectivity index (χ1) is 14.3. The van der Waals surface area contributed by atoms with Gasteiger partial charge in [-0.05, 0) is 55.6 Å². The molecule has 3 atom stereocenters. The minimum atomic E-state index is -3.39. The highest BCUT2D eigenvalue weighted by Gasteiger charge is 2.32.